The number of thiophene rings is 1. The van der Waals surface area contributed by atoms with Crippen LogP contribution in [0.2, 0.25) is 0 Å². The third-order valence-electron chi connectivity index (χ3n) is 2.01. The number of rotatable bonds is 4. The van der Waals surface area contributed by atoms with Crippen molar-refractivity contribution in [2.45, 2.75) is 19.4 Å². The van der Waals surface area contributed by atoms with Crippen LogP contribution < -0.4 is 0 Å². The van der Waals surface area contributed by atoms with E-state index in [1.165, 1.54) is 11.8 Å². The highest BCUT2D eigenvalue weighted by atomic mass is 32.1. The first-order chi connectivity index (χ1) is 6.61. The van der Waals surface area contributed by atoms with Crippen LogP contribution in [0.15, 0.2) is 17.5 Å². The lowest BCUT2D eigenvalue weighted by atomic mass is 10.3. The predicted molar refractivity (Wildman–Crippen MR) is 57.3 cm³/mol. The van der Waals surface area contributed by atoms with Crippen LogP contribution in [0.5, 0.6) is 0 Å². The zero-order valence-electron chi connectivity index (χ0n) is 8.43. The number of aliphatic hydroxyl groups excluding tert-OH is 1. The van der Waals surface area contributed by atoms with E-state index < -0.39 is 6.10 Å². The van der Waals surface area contributed by atoms with Gasteiger partial charge in [-0.3, -0.25) is 4.79 Å². The summed E-state index contributed by atoms with van der Waals surface area (Å²) in [6, 6.07) is 4.04. The summed E-state index contributed by atoms with van der Waals surface area (Å²) in [5.74, 6) is -0.221. The minimum absolute atomic E-state index is 0.221. The van der Waals surface area contributed by atoms with Crippen molar-refractivity contribution in [1.29, 1.82) is 0 Å². The Hall–Kier alpha value is -0.870. The molecule has 1 aromatic rings. The van der Waals surface area contributed by atoms with Gasteiger partial charge in [-0.25, -0.2) is 0 Å². The maximum atomic E-state index is 11.3. The average Bonchev–Trinajstić information content (AvgIpc) is 2.65. The lowest BCUT2D eigenvalue weighted by Crippen LogP contribution is -2.35. The maximum Gasteiger partial charge on any atom is 0.250 e. The topological polar surface area (TPSA) is 40.5 Å². The van der Waals surface area contributed by atoms with Crippen molar-refractivity contribution in [2.24, 2.45) is 0 Å². The number of amides is 1. The Labute approximate surface area is 88.0 Å². The third kappa shape index (κ3) is 3.12. The quantitative estimate of drug-likeness (QED) is 0.814. The van der Waals surface area contributed by atoms with Crippen molar-refractivity contribution < 1.29 is 9.90 Å². The molecule has 0 aromatic carbocycles. The van der Waals surface area contributed by atoms with E-state index in [0.717, 1.165) is 6.42 Å². The molecule has 0 aliphatic carbocycles. The molecule has 0 saturated heterocycles. The van der Waals surface area contributed by atoms with Crippen molar-refractivity contribution in [2.75, 3.05) is 13.6 Å². The molecule has 14 heavy (non-hydrogen) atoms. The lowest BCUT2D eigenvalue weighted by molar-refractivity contribution is -0.137. The van der Waals surface area contributed by atoms with Crippen molar-refractivity contribution in [3.05, 3.63) is 22.4 Å². The number of aliphatic hydroxyl groups is 1. The second-order valence-corrected chi connectivity index (χ2v) is 4.30. The van der Waals surface area contributed by atoms with Crippen LogP contribution in [0, 0.1) is 0 Å². The van der Waals surface area contributed by atoms with E-state index in [-0.39, 0.29) is 5.91 Å². The molecule has 1 aromatic heterocycles. The molecule has 1 rings (SSSR count). The number of carbonyl (C=O) groups is 1. The molecule has 1 unspecified atom stereocenters. The van der Waals surface area contributed by atoms with Gasteiger partial charge in [0.05, 0.1) is 0 Å². The van der Waals surface area contributed by atoms with Gasteiger partial charge >= 0.3 is 0 Å². The minimum Gasteiger partial charge on any atom is -0.384 e. The summed E-state index contributed by atoms with van der Waals surface area (Å²) in [6.45, 7) is 2.15. The molecule has 0 radical (unpaired) electrons. The van der Waals surface area contributed by atoms with Crippen molar-refractivity contribution >= 4 is 17.2 Å². The van der Waals surface area contributed by atoms with Gasteiger partial charge in [-0.15, -0.1) is 11.3 Å². The molecule has 78 valence electrons. The lowest BCUT2D eigenvalue weighted by Gasteiger charge is -2.18. The minimum atomic E-state index is -0.900. The number of hydrogen-bond acceptors (Lipinski definition) is 3. The Morgan fingerprint density at radius 1 is 1.71 bits per heavy atom. The highest BCUT2D eigenvalue weighted by Crippen LogP contribution is 2.09. The number of hydrogen-bond donors (Lipinski definition) is 1. The van der Waals surface area contributed by atoms with Crippen LogP contribution in [0.1, 0.15) is 11.8 Å². The van der Waals surface area contributed by atoms with Gasteiger partial charge < -0.3 is 10.0 Å². The van der Waals surface area contributed by atoms with Crippen LogP contribution >= 0.6 is 11.3 Å². The first kappa shape index (κ1) is 11.2. The van der Waals surface area contributed by atoms with E-state index >= 15 is 0 Å². The summed E-state index contributed by atoms with van der Waals surface area (Å²) < 4.78 is 0. The van der Waals surface area contributed by atoms with E-state index in [0.29, 0.717) is 6.54 Å². The molecule has 1 heterocycles. The van der Waals surface area contributed by atoms with Gasteiger partial charge in [-0.2, -0.15) is 0 Å². The Kier molecular flexibility index (Phi) is 4.10. The molecular formula is C10H15NO2S. The van der Waals surface area contributed by atoms with E-state index in [1.54, 1.807) is 23.3 Å². The summed E-state index contributed by atoms with van der Waals surface area (Å²) in [4.78, 5) is 14.1. The molecule has 0 bridgehead atoms. The highest BCUT2D eigenvalue weighted by Gasteiger charge is 2.13. The molecule has 3 nitrogen and oxygen atoms in total. The van der Waals surface area contributed by atoms with Gasteiger partial charge in [0.15, 0.2) is 0 Å². The van der Waals surface area contributed by atoms with E-state index in [4.69, 9.17) is 5.11 Å². The molecule has 0 spiro atoms. The SMILES string of the molecule is CC(O)C(=O)N(C)CCc1cccs1. The molecule has 0 aliphatic rings. The standard InChI is InChI=1S/C10H15NO2S/c1-8(12)10(13)11(2)6-5-9-4-3-7-14-9/h3-4,7-8,12H,5-6H2,1-2H3. The summed E-state index contributed by atoms with van der Waals surface area (Å²) in [5.41, 5.74) is 0. The van der Waals surface area contributed by atoms with Gasteiger partial charge in [0, 0.05) is 18.5 Å². The van der Waals surface area contributed by atoms with Crippen molar-refractivity contribution in [3.63, 3.8) is 0 Å². The smallest absolute Gasteiger partial charge is 0.250 e. The zero-order chi connectivity index (χ0) is 10.6. The van der Waals surface area contributed by atoms with Crippen molar-refractivity contribution in [1.82, 2.24) is 4.90 Å². The zero-order valence-corrected chi connectivity index (χ0v) is 9.25. The predicted octanol–water partition coefficient (Wildman–Crippen LogP) is 1.13. The molecule has 1 N–H and O–H groups in total. The van der Waals surface area contributed by atoms with E-state index in [2.05, 4.69) is 0 Å². The summed E-state index contributed by atoms with van der Waals surface area (Å²) in [6.07, 6.45) is -0.0459. The van der Waals surface area contributed by atoms with Gasteiger partial charge in [-0.05, 0) is 24.8 Å². The van der Waals surface area contributed by atoms with Crippen LogP contribution in [0.4, 0.5) is 0 Å². The third-order valence-corrected chi connectivity index (χ3v) is 2.94. The first-order valence-electron chi connectivity index (χ1n) is 4.56. The highest BCUT2D eigenvalue weighted by molar-refractivity contribution is 7.09. The monoisotopic (exact) mass is 213 g/mol. The Bertz CT molecular complexity index is 282. The number of nitrogens with zero attached hydrogens (tertiary/aromatic N) is 1. The Balaban J connectivity index is 2.35. The summed E-state index contributed by atoms with van der Waals surface area (Å²) in [5, 5.41) is 11.1. The molecule has 1 atom stereocenters. The maximum absolute atomic E-state index is 11.3. The number of likely N-dealkylation sites (N-methyl/N-ethyl adjacent to an activating group) is 1. The average molecular weight is 213 g/mol. The first-order valence-corrected chi connectivity index (χ1v) is 5.44. The summed E-state index contributed by atoms with van der Waals surface area (Å²) >= 11 is 1.68. The Morgan fingerprint density at radius 2 is 2.43 bits per heavy atom. The molecule has 4 heteroatoms. The largest absolute Gasteiger partial charge is 0.384 e. The van der Waals surface area contributed by atoms with Gasteiger partial charge in [0.25, 0.3) is 5.91 Å². The van der Waals surface area contributed by atoms with Gasteiger partial charge in [-0.1, -0.05) is 6.07 Å². The second kappa shape index (κ2) is 5.12. The van der Waals surface area contributed by atoms with Crippen molar-refractivity contribution in [3.8, 4) is 0 Å². The fraction of sp³-hybridized carbons (Fsp3) is 0.500. The summed E-state index contributed by atoms with van der Waals surface area (Å²) in [7, 11) is 1.71. The Morgan fingerprint density at radius 3 is 2.93 bits per heavy atom. The van der Waals surface area contributed by atoms with E-state index in [9.17, 15) is 4.79 Å². The van der Waals surface area contributed by atoms with Gasteiger partial charge in [0.2, 0.25) is 0 Å². The number of carbonyl (C=O) groups excluding carboxylic acids is 1. The van der Waals surface area contributed by atoms with Crippen LogP contribution in [-0.2, 0) is 11.2 Å². The molecule has 0 fully saturated rings. The second-order valence-electron chi connectivity index (χ2n) is 3.27. The van der Waals surface area contributed by atoms with Gasteiger partial charge in [0.1, 0.15) is 6.10 Å². The fourth-order valence-corrected chi connectivity index (χ4v) is 1.86. The van der Waals surface area contributed by atoms with Crippen LogP contribution in [0.3, 0.4) is 0 Å². The molecule has 0 saturated carbocycles. The van der Waals surface area contributed by atoms with Crippen LogP contribution in [0.25, 0.3) is 0 Å². The van der Waals surface area contributed by atoms with E-state index in [1.807, 2.05) is 17.5 Å². The fourth-order valence-electron chi connectivity index (χ4n) is 1.16. The molecule has 0 aliphatic heterocycles. The molecule has 1 amide bonds. The normalized spacial score (nSPS) is 12.5. The molecular weight excluding hydrogens is 198 g/mol. The van der Waals surface area contributed by atoms with Crippen LogP contribution in [-0.4, -0.2) is 35.6 Å².